The van der Waals surface area contributed by atoms with Gasteiger partial charge in [-0.05, 0) is 42.0 Å². The third-order valence-corrected chi connectivity index (χ3v) is 4.25. The first-order valence-electron chi connectivity index (χ1n) is 8.22. The number of methoxy groups -OCH3 is 1. The fraction of sp³-hybridized carbons (Fsp3) is 0.0476. The first-order chi connectivity index (χ1) is 12.7. The highest BCUT2D eigenvalue weighted by Gasteiger charge is 2.12. The first-order valence-corrected chi connectivity index (χ1v) is 8.22. The van der Waals surface area contributed by atoms with Crippen molar-refractivity contribution in [2.45, 2.75) is 0 Å². The Balaban J connectivity index is 1.61. The van der Waals surface area contributed by atoms with Crippen molar-refractivity contribution in [2.24, 2.45) is 0 Å². The summed E-state index contributed by atoms with van der Waals surface area (Å²) in [4.78, 5) is 12.6. The highest BCUT2D eigenvalue weighted by atomic mass is 16.5. The van der Waals surface area contributed by atoms with Gasteiger partial charge in [-0.2, -0.15) is 5.10 Å². The number of aromatic nitrogens is 2. The number of benzene rings is 3. The van der Waals surface area contributed by atoms with Gasteiger partial charge in [-0.25, -0.2) is 0 Å². The van der Waals surface area contributed by atoms with Crippen LogP contribution in [0.3, 0.4) is 0 Å². The van der Waals surface area contributed by atoms with Crippen LogP contribution in [0.15, 0.2) is 72.9 Å². The van der Waals surface area contributed by atoms with Crippen LogP contribution in [0.1, 0.15) is 10.4 Å². The number of anilines is 1. The number of ether oxygens (including phenoxy) is 1. The zero-order valence-corrected chi connectivity index (χ0v) is 14.2. The van der Waals surface area contributed by atoms with E-state index in [1.165, 1.54) is 0 Å². The number of amides is 1. The number of nitrogens with zero attached hydrogens (tertiary/aromatic N) is 1. The molecule has 0 aliphatic rings. The van der Waals surface area contributed by atoms with Crippen molar-refractivity contribution in [3.05, 3.63) is 78.5 Å². The molecule has 5 heteroatoms. The molecule has 0 atom stereocenters. The van der Waals surface area contributed by atoms with E-state index in [2.05, 4.69) is 15.5 Å². The Bertz CT molecular complexity index is 1070. The summed E-state index contributed by atoms with van der Waals surface area (Å²) in [5.41, 5.74) is 4.17. The largest absolute Gasteiger partial charge is 0.496 e. The smallest absolute Gasteiger partial charge is 0.255 e. The van der Waals surface area contributed by atoms with E-state index in [0.29, 0.717) is 11.3 Å². The molecule has 0 saturated carbocycles. The van der Waals surface area contributed by atoms with Gasteiger partial charge in [-0.1, -0.05) is 30.3 Å². The van der Waals surface area contributed by atoms with Crippen LogP contribution in [0.5, 0.6) is 5.75 Å². The lowest BCUT2D eigenvalue weighted by atomic mass is 10.0. The van der Waals surface area contributed by atoms with Crippen molar-refractivity contribution in [3.8, 4) is 16.9 Å². The standard InChI is InChI=1S/C21H17N3O2/c1-26-20-12-15(7-9-18(20)14-5-3-2-4-6-14)21(25)23-17-8-10-19-16(11-17)13-22-24-19/h2-13H,1H3,(H,22,24)(H,23,25). The van der Waals surface area contributed by atoms with Gasteiger partial charge in [0.15, 0.2) is 0 Å². The molecule has 128 valence electrons. The number of carbonyl (C=O) groups excluding carboxylic acids is 1. The van der Waals surface area contributed by atoms with Crippen LogP contribution in [-0.2, 0) is 0 Å². The molecule has 0 aliphatic heterocycles. The lowest BCUT2D eigenvalue weighted by molar-refractivity contribution is 0.102. The van der Waals surface area contributed by atoms with E-state index in [1.54, 1.807) is 25.4 Å². The molecule has 0 saturated heterocycles. The van der Waals surface area contributed by atoms with Crippen molar-refractivity contribution in [3.63, 3.8) is 0 Å². The number of H-pyrrole nitrogens is 1. The van der Waals surface area contributed by atoms with E-state index in [1.807, 2.05) is 54.6 Å². The molecule has 4 rings (SSSR count). The fourth-order valence-electron chi connectivity index (χ4n) is 2.91. The third kappa shape index (κ3) is 3.02. The van der Waals surface area contributed by atoms with Crippen molar-refractivity contribution >= 4 is 22.5 Å². The third-order valence-electron chi connectivity index (χ3n) is 4.25. The van der Waals surface area contributed by atoms with Gasteiger partial charge in [-0.15, -0.1) is 0 Å². The van der Waals surface area contributed by atoms with Gasteiger partial charge in [0.2, 0.25) is 0 Å². The molecule has 5 nitrogen and oxygen atoms in total. The fourth-order valence-corrected chi connectivity index (χ4v) is 2.91. The van der Waals surface area contributed by atoms with E-state index in [9.17, 15) is 4.79 Å². The number of rotatable bonds is 4. The lowest BCUT2D eigenvalue weighted by Gasteiger charge is -2.11. The van der Waals surface area contributed by atoms with Gasteiger partial charge in [0.05, 0.1) is 18.8 Å². The average Bonchev–Trinajstić information content (AvgIpc) is 3.16. The van der Waals surface area contributed by atoms with E-state index < -0.39 is 0 Å². The Labute approximate surface area is 150 Å². The molecular formula is C21H17N3O2. The van der Waals surface area contributed by atoms with E-state index in [-0.39, 0.29) is 5.91 Å². The number of carbonyl (C=O) groups is 1. The SMILES string of the molecule is COc1cc(C(=O)Nc2ccc3[nH]ncc3c2)ccc1-c1ccccc1. The van der Waals surface area contributed by atoms with E-state index in [0.717, 1.165) is 27.7 Å². The molecule has 0 unspecified atom stereocenters. The Morgan fingerprint density at radius 3 is 2.69 bits per heavy atom. The van der Waals surface area contributed by atoms with Gasteiger partial charge in [0.25, 0.3) is 5.91 Å². The maximum absolute atomic E-state index is 12.6. The summed E-state index contributed by atoms with van der Waals surface area (Å²) in [7, 11) is 1.61. The van der Waals surface area contributed by atoms with Gasteiger partial charge in [0, 0.05) is 22.2 Å². The maximum Gasteiger partial charge on any atom is 0.255 e. The highest BCUT2D eigenvalue weighted by molar-refractivity contribution is 6.05. The summed E-state index contributed by atoms with van der Waals surface area (Å²) in [6, 6.07) is 21.0. The second kappa shape index (κ2) is 6.72. The molecule has 4 aromatic rings. The molecule has 26 heavy (non-hydrogen) atoms. The van der Waals surface area contributed by atoms with Crippen molar-refractivity contribution in [2.75, 3.05) is 12.4 Å². The van der Waals surface area contributed by atoms with E-state index in [4.69, 9.17) is 4.74 Å². The molecule has 0 spiro atoms. The summed E-state index contributed by atoms with van der Waals surface area (Å²) in [6.07, 6.45) is 1.72. The number of hydrogen-bond donors (Lipinski definition) is 2. The van der Waals surface area contributed by atoms with Crippen LogP contribution in [0.4, 0.5) is 5.69 Å². The Morgan fingerprint density at radius 2 is 1.88 bits per heavy atom. The molecule has 0 aliphatic carbocycles. The minimum absolute atomic E-state index is 0.189. The van der Waals surface area contributed by atoms with E-state index >= 15 is 0 Å². The quantitative estimate of drug-likeness (QED) is 0.574. The lowest BCUT2D eigenvalue weighted by Crippen LogP contribution is -2.12. The zero-order valence-electron chi connectivity index (χ0n) is 14.2. The molecule has 2 N–H and O–H groups in total. The first kappa shape index (κ1) is 15.9. The number of fused-ring (bicyclic) bond motifs is 1. The number of aromatic amines is 1. The number of nitrogens with one attached hydrogen (secondary N) is 2. The van der Waals surface area contributed by atoms with Crippen LogP contribution < -0.4 is 10.1 Å². The number of hydrogen-bond acceptors (Lipinski definition) is 3. The molecule has 3 aromatic carbocycles. The van der Waals surface area contributed by atoms with Crippen LogP contribution in [-0.4, -0.2) is 23.2 Å². The van der Waals surface area contributed by atoms with Crippen LogP contribution in [0.2, 0.25) is 0 Å². The predicted molar refractivity (Wildman–Crippen MR) is 102 cm³/mol. The monoisotopic (exact) mass is 343 g/mol. The summed E-state index contributed by atoms with van der Waals surface area (Å²) in [6.45, 7) is 0. The summed E-state index contributed by atoms with van der Waals surface area (Å²) in [5.74, 6) is 0.472. The van der Waals surface area contributed by atoms with Crippen molar-refractivity contribution in [1.82, 2.24) is 10.2 Å². The molecular weight excluding hydrogens is 326 g/mol. The molecule has 1 aromatic heterocycles. The second-order valence-corrected chi connectivity index (χ2v) is 5.91. The van der Waals surface area contributed by atoms with Crippen LogP contribution in [0, 0.1) is 0 Å². The Morgan fingerprint density at radius 1 is 1.04 bits per heavy atom. The molecule has 1 amide bonds. The van der Waals surface area contributed by atoms with Crippen LogP contribution >= 0.6 is 0 Å². The summed E-state index contributed by atoms with van der Waals surface area (Å²) < 4.78 is 5.50. The molecule has 1 heterocycles. The Hall–Kier alpha value is -3.60. The zero-order chi connectivity index (χ0) is 17.9. The second-order valence-electron chi connectivity index (χ2n) is 5.91. The van der Waals surface area contributed by atoms with Crippen molar-refractivity contribution in [1.29, 1.82) is 0 Å². The molecule has 0 bridgehead atoms. The maximum atomic E-state index is 12.6. The van der Waals surface area contributed by atoms with Crippen LogP contribution in [0.25, 0.3) is 22.0 Å². The minimum atomic E-state index is -0.189. The van der Waals surface area contributed by atoms with Gasteiger partial charge in [0.1, 0.15) is 5.75 Å². The molecule has 0 fully saturated rings. The summed E-state index contributed by atoms with van der Waals surface area (Å²) >= 11 is 0. The van der Waals surface area contributed by atoms with Gasteiger partial charge < -0.3 is 10.1 Å². The predicted octanol–water partition coefficient (Wildman–Crippen LogP) is 4.49. The highest BCUT2D eigenvalue weighted by Crippen LogP contribution is 2.31. The van der Waals surface area contributed by atoms with Gasteiger partial charge >= 0.3 is 0 Å². The minimum Gasteiger partial charge on any atom is -0.496 e. The summed E-state index contributed by atoms with van der Waals surface area (Å²) in [5, 5.41) is 10.7. The van der Waals surface area contributed by atoms with Gasteiger partial charge in [-0.3, -0.25) is 9.89 Å². The molecule has 0 radical (unpaired) electrons. The normalized spacial score (nSPS) is 10.7. The Kier molecular flexibility index (Phi) is 4.11. The topological polar surface area (TPSA) is 67.0 Å². The van der Waals surface area contributed by atoms with Crippen molar-refractivity contribution < 1.29 is 9.53 Å². The average molecular weight is 343 g/mol.